The fourth-order valence-corrected chi connectivity index (χ4v) is 4.10. The van der Waals surface area contributed by atoms with E-state index in [1.807, 2.05) is 30.9 Å². The third kappa shape index (κ3) is 3.93. The number of aromatic nitrogens is 2. The van der Waals surface area contributed by atoms with Crippen molar-refractivity contribution in [2.45, 2.75) is 58.0 Å². The first-order chi connectivity index (χ1) is 13.1. The van der Waals surface area contributed by atoms with Gasteiger partial charge in [-0.05, 0) is 50.9 Å². The maximum Gasteiger partial charge on any atom is 0.249 e. The number of piperidine rings is 1. The van der Waals surface area contributed by atoms with Crippen LogP contribution in [0.2, 0.25) is 0 Å². The predicted molar refractivity (Wildman–Crippen MR) is 98.8 cm³/mol. The first-order valence-electron chi connectivity index (χ1n) is 10.0. The number of rotatable bonds is 5. The second-order valence-electron chi connectivity index (χ2n) is 7.96. The molecule has 0 aromatic carbocycles. The number of likely N-dealkylation sites (tertiary alicyclic amines) is 2. The van der Waals surface area contributed by atoms with Gasteiger partial charge in [0.1, 0.15) is 11.8 Å². The van der Waals surface area contributed by atoms with Crippen LogP contribution in [0.5, 0.6) is 0 Å². The molecular weight excluding hydrogens is 344 g/mol. The van der Waals surface area contributed by atoms with E-state index in [4.69, 9.17) is 8.94 Å². The Kier molecular flexibility index (Phi) is 5.29. The van der Waals surface area contributed by atoms with Crippen LogP contribution in [0.15, 0.2) is 27.3 Å². The topological polar surface area (TPSA) is 75.6 Å². The quantitative estimate of drug-likeness (QED) is 0.801. The van der Waals surface area contributed by atoms with Gasteiger partial charge in [-0.1, -0.05) is 19.0 Å². The van der Waals surface area contributed by atoms with E-state index in [-0.39, 0.29) is 23.8 Å². The number of carbonyl (C=O) groups excluding carboxylic acids is 1. The molecule has 0 saturated carbocycles. The Bertz CT molecular complexity index is 747. The molecule has 0 N–H and O–H groups in total. The van der Waals surface area contributed by atoms with Crippen LogP contribution in [0.1, 0.15) is 69.0 Å². The Hall–Kier alpha value is -2.15. The van der Waals surface area contributed by atoms with Crippen molar-refractivity contribution in [2.75, 3.05) is 19.6 Å². The van der Waals surface area contributed by atoms with E-state index >= 15 is 0 Å². The molecule has 4 heterocycles. The van der Waals surface area contributed by atoms with Gasteiger partial charge in [-0.2, -0.15) is 4.98 Å². The van der Waals surface area contributed by atoms with Crippen LogP contribution in [-0.4, -0.2) is 45.5 Å². The summed E-state index contributed by atoms with van der Waals surface area (Å²) < 4.78 is 10.9. The lowest BCUT2D eigenvalue weighted by molar-refractivity contribution is -0.138. The lowest BCUT2D eigenvalue weighted by atomic mass is 9.95. The van der Waals surface area contributed by atoms with Crippen LogP contribution in [0.3, 0.4) is 0 Å². The molecule has 7 heteroatoms. The summed E-state index contributed by atoms with van der Waals surface area (Å²) in [6, 6.07) is 3.86. The molecule has 146 valence electrons. The molecule has 27 heavy (non-hydrogen) atoms. The van der Waals surface area contributed by atoms with Crippen LogP contribution < -0.4 is 0 Å². The van der Waals surface area contributed by atoms with E-state index in [9.17, 15) is 4.79 Å². The second kappa shape index (κ2) is 7.84. The summed E-state index contributed by atoms with van der Waals surface area (Å²) in [7, 11) is 0. The molecule has 2 aromatic heterocycles. The minimum absolute atomic E-state index is 0.0568. The van der Waals surface area contributed by atoms with Gasteiger partial charge in [-0.25, -0.2) is 0 Å². The van der Waals surface area contributed by atoms with Gasteiger partial charge in [-0.3, -0.25) is 9.69 Å². The maximum absolute atomic E-state index is 13.1. The Labute approximate surface area is 159 Å². The van der Waals surface area contributed by atoms with Gasteiger partial charge in [0.05, 0.1) is 12.8 Å². The number of hydrogen-bond donors (Lipinski definition) is 0. The third-order valence-electron chi connectivity index (χ3n) is 5.69. The molecule has 0 spiro atoms. The summed E-state index contributed by atoms with van der Waals surface area (Å²) in [5, 5.41) is 4.07. The van der Waals surface area contributed by atoms with Gasteiger partial charge in [-0.15, -0.1) is 0 Å². The third-order valence-corrected chi connectivity index (χ3v) is 5.69. The predicted octanol–water partition coefficient (Wildman–Crippen LogP) is 3.36. The minimum Gasteiger partial charge on any atom is -0.468 e. The molecule has 1 atom stereocenters. The molecule has 1 amide bonds. The largest absolute Gasteiger partial charge is 0.468 e. The van der Waals surface area contributed by atoms with Crippen molar-refractivity contribution in [3.63, 3.8) is 0 Å². The summed E-state index contributed by atoms with van der Waals surface area (Å²) in [6.07, 6.45) is 5.39. The van der Waals surface area contributed by atoms with Gasteiger partial charge < -0.3 is 13.8 Å². The number of hydrogen-bond acceptors (Lipinski definition) is 6. The van der Waals surface area contributed by atoms with Crippen molar-refractivity contribution in [3.8, 4) is 0 Å². The van der Waals surface area contributed by atoms with Gasteiger partial charge in [0.2, 0.25) is 11.8 Å². The first kappa shape index (κ1) is 18.2. The van der Waals surface area contributed by atoms with Crippen molar-refractivity contribution >= 4 is 5.91 Å². The molecule has 2 fully saturated rings. The summed E-state index contributed by atoms with van der Waals surface area (Å²) in [5.74, 6) is 2.86. The number of nitrogens with zero attached hydrogens (tertiary/aromatic N) is 4. The van der Waals surface area contributed by atoms with Gasteiger partial charge >= 0.3 is 0 Å². The molecule has 0 bridgehead atoms. The molecule has 7 nitrogen and oxygen atoms in total. The average molecular weight is 372 g/mol. The fraction of sp³-hybridized carbons (Fsp3) is 0.650. The zero-order valence-electron chi connectivity index (χ0n) is 16.1. The van der Waals surface area contributed by atoms with E-state index in [0.29, 0.717) is 5.89 Å². The van der Waals surface area contributed by atoms with Crippen LogP contribution in [0.4, 0.5) is 0 Å². The summed E-state index contributed by atoms with van der Waals surface area (Å²) in [4.78, 5) is 22.0. The van der Waals surface area contributed by atoms with E-state index in [1.165, 1.54) is 0 Å². The van der Waals surface area contributed by atoms with Crippen molar-refractivity contribution in [1.29, 1.82) is 0 Å². The number of carbonyl (C=O) groups is 1. The molecular formula is C20H28N4O3. The van der Waals surface area contributed by atoms with E-state index < -0.39 is 0 Å². The van der Waals surface area contributed by atoms with Crippen molar-refractivity contribution in [3.05, 3.63) is 35.9 Å². The fourth-order valence-electron chi connectivity index (χ4n) is 4.10. The van der Waals surface area contributed by atoms with Crippen molar-refractivity contribution < 1.29 is 13.7 Å². The highest BCUT2D eigenvalue weighted by molar-refractivity contribution is 5.79. The molecule has 2 saturated heterocycles. The van der Waals surface area contributed by atoms with E-state index in [1.54, 1.807) is 6.26 Å². The lowest BCUT2D eigenvalue weighted by Gasteiger charge is -2.33. The minimum atomic E-state index is -0.0568. The van der Waals surface area contributed by atoms with E-state index in [0.717, 1.165) is 63.4 Å². The molecule has 2 aromatic rings. The molecule has 0 radical (unpaired) electrons. The highest BCUT2D eigenvalue weighted by atomic mass is 16.5. The monoisotopic (exact) mass is 372 g/mol. The second-order valence-corrected chi connectivity index (χ2v) is 7.96. The van der Waals surface area contributed by atoms with Crippen LogP contribution in [-0.2, 0) is 11.3 Å². The van der Waals surface area contributed by atoms with Crippen molar-refractivity contribution in [2.24, 2.45) is 5.92 Å². The first-order valence-corrected chi connectivity index (χ1v) is 10.0. The normalized spacial score (nSPS) is 22.0. The standard InChI is InChI=1S/C20H28N4O3/c1-14(2)18-21-19(27-22-18)17-6-3-9-24(17)20(25)15-7-10-23(11-8-15)13-16-5-4-12-26-16/h4-5,12,14-15,17H,3,6-11,13H2,1-2H3/t17-/m1/s1. The van der Waals surface area contributed by atoms with Gasteiger partial charge in [0.15, 0.2) is 5.82 Å². The van der Waals surface area contributed by atoms with Crippen LogP contribution in [0.25, 0.3) is 0 Å². The Balaban J connectivity index is 1.36. The van der Waals surface area contributed by atoms with Crippen LogP contribution >= 0.6 is 0 Å². The molecule has 0 aliphatic carbocycles. The average Bonchev–Trinajstić information content (AvgIpc) is 3.42. The Morgan fingerprint density at radius 3 is 2.74 bits per heavy atom. The summed E-state index contributed by atoms with van der Waals surface area (Å²) in [5.41, 5.74) is 0. The molecule has 0 unspecified atom stereocenters. The van der Waals surface area contributed by atoms with Crippen LogP contribution in [0, 0.1) is 5.92 Å². The van der Waals surface area contributed by atoms with Gasteiger partial charge in [0, 0.05) is 18.4 Å². The smallest absolute Gasteiger partial charge is 0.249 e. The molecule has 4 rings (SSSR count). The summed E-state index contributed by atoms with van der Waals surface area (Å²) >= 11 is 0. The zero-order valence-corrected chi connectivity index (χ0v) is 16.1. The van der Waals surface area contributed by atoms with Crippen molar-refractivity contribution in [1.82, 2.24) is 19.9 Å². The Morgan fingerprint density at radius 1 is 1.26 bits per heavy atom. The Morgan fingerprint density at radius 2 is 2.07 bits per heavy atom. The highest BCUT2D eigenvalue weighted by Crippen LogP contribution is 2.34. The number of amides is 1. The number of furan rings is 1. The molecule has 2 aliphatic rings. The summed E-state index contributed by atoms with van der Waals surface area (Å²) in [6.45, 7) is 7.54. The lowest BCUT2D eigenvalue weighted by Crippen LogP contribution is -2.42. The maximum atomic E-state index is 13.1. The highest BCUT2D eigenvalue weighted by Gasteiger charge is 2.38. The van der Waals surface area contributed by atoms with E-state index in [2.05, 4.69) is 15.0 Å². The van der Waals surface area contributed by atoms with Gasteiger partial charge in [0.25, 0.3) is 0 Å². The molecule has 2 aliphatic heterocycles. The zero-order chi connectivity index (χ0) is 18.8. The SMILES string of the molecule is CC(C)c1noc([C@H]2CCCN2C(=O)C2CCN(Cc3ccco3)CC2)n1.